The van der Waals surface area contributed by atoms with E-state index >= 15 is 0 Å². The molecule has 1 aromatic carbocycles. The summed E-state index contributed by atoms with van der Waals surface area (Å²) in [5.74, 6) is -0.991. The number of amides is 1. The van der Waals surface area contributed by atoms with Crippen molar-refractivity contribution in [2.75, 3.05) is 5.32 Å². The second-order valence-corrected chi connectivity index (χ2v) is 3.88. The van der Waals surface area contributed by atoms with Gasteiger partial charge >= 0.3 is 0 Å². The molecule has 0 unspecified atom stereocenters. The number of aromatic nitrogens is 1. The van der Waals surface area contributed by atoms with Gasteiger partial charge in [0.2, 0.25) is 0 Å². The summed E-state index contributed by atoms with van der Waals surface area (Å²) in [6.45, 7) is 0. The van der Waals surface area contributed by atoms with Crippen LogP contribution in [0, 0.1) is 5.82 Å². The van der Waals surface area contributed by atoms with Crippen LogP contribution in [0.1, 0.15) is 16.1 Å². The van der Waals surface area contributed by atoms with E-state index in [1.165, 1.54) is 6.07 Å². The molecule has 1 aromatic heterocycles. The lowest BCUT2D eigenvalue weighted by Gasteiger charge is -2.05. The molecule has 0 aliphatic heterocycles. The van der Waals surface area contributed by atoms with Gasteiger partial charge in [0.05, 0.1) is 6.20 Å². The largest absolute Gasteiger partial charge is 0.409 e. The first-order valence-corrected chi connectivity index (χ1v) is 5.61. The molecule has 0 spiro atoms. The van der Waals surface area contributed by atoms with Crippen LogP contribution in [0.2, 0.25) is 0 Å². The highest BCUT2D eigenvalue weighted by atomic mass is 19.1. The number of nitrogens with one attached hydrogen (secondary N) is 1. The summed E-state index contributed by atoms with van der Waals surface area (Å²) >= 11 is 0. The summed E-state index contributed by atoms with van der Waals surface area (Å²) in [6.07, 6.45) is 0.969. The number of amidine groups is 1. The van der Waals surface area contributed by atoms with Crippen molar-refractivity contribution < 1.29 is 14.4 Å². The van der Waals surface area contributed by atoms with Crippen molar-refractivity contribution in [1.82, 2.24) is 4.98 Å². The summed E-state index contributed by atoms with van der Waals surface area (Å²) < 4.78 is 12.7. The molecule has 7 heteroatoms. The van der Waals surface area contributed by atoms with E-state index in [2.05, 4.69) is 15.5 Å². The number of hydrogen-bond donors (Lipinski definition) is 3. The summed E-state index contributed by atoms with van der Waals surface area (Å²) in [6, 6.07) is 8.80. The van der Waals surface area contributed by atoms with E-state index < -0.39 is 11.7 Å². The highest BCUT2D eigenvalue weighted by Gasteiger charge is 2.08. The van der Waals surface area contributed by atoms with E-state index in [0.29, 0.717) is 11.3 Å². The maximum Gasteiger partial charge on any atom is 0.274 e. The fraction of sp³-hybridized carbons (Fsp3) is 0. The minimum atomic E-state index is -0.510. The zero-order valence-corrected chi connectivity index (χ0v) is 10.2. The molecule has 0 saturated heterocycles. The molecular weight excluding hydrogens is 263 g/mol. The molecule has 1 heterocycles. The fourth-order valence-corrected chi connectivity index (χ4v) is 1.49. The highest BCUT2D eigenvalue weighted by molar-refractivity contribution is 6.03. The van der Waals surface area contributed by atoms with E-state index in [1.807, 2.05) is 0 Å². The van der Waals surface area contributed by atoms with E-state index in [9.17, 15) is 9.18 Å². The van der Waals surface area contributed by atoms with E-state index in [4.69, 9.17) is 10.9 Å². The summed E-state index contributed by atoms with van der Waals surface area (Å²) in [5.41, 5.74) is 6.55. The molecule has 2 aromatic rings. The Kier molecular flexibility index (Phi) is 3.90. The Balaban J connectivity index is 2.10. The third-order valence-electron chi connectivity index (χ3n) is 2.51. The number of anilines is 1. The molecule has 102 valence electrons. The Morgan fingerprint density at radius 1 is 1.25 bits per heavy atom. The summed E-state index contributed by atoms with van der Waals surface area (Å²) in [5, 5.41) is 14.0. The molecule has 0 atom stereocenters. The van der Waals surface area contributed by atoms with Crippen LogP contribution in [0.5, 0.6) is 0 Å². The molecule has 6 nitrogen and oxygen atoms in total. The Bertz CT molecular complexity index is 638. The van der Waals surface area contributed by atoms with Crippen LogP contribution in [-0.4, -0.2) is 21.9 Å². The smallest absolute Gasteiger partial charge is 0.274 e. The third kappa shape index (κ3) is 3.08. The number of nitrogens with two attached hydrogens (primary N) is 1. The molecule has 1 amide bonds. The van der Waals surface area contributed by atoms with Gasteiger partial charge in [0.15, 0.2) is 5.84 Å². The number of pyridine rings is 1. The van der Waals surface area contributed by atoms with Crippen molar-refractivity contribution in [3.63, 3.8) is 0 Å². The van der Waals surface area contributed by atoms with Gasteiger partial charge in [-0.2, -0.15) is 0 Å². The lowest BCUT2D eigenvalue weighted by Crippen LogP contribution is -2.15. The van der Waals surface area contributed by atoms with E-state index in [1.54, 1.807) is 24.3 Å². The van der Waals surface area contributed by atoms with Crippen LogP contribution in [0.3, 0.4) is 0 Å². The van der Waals surface area contributed by atoms with Gasteiger partial charge in [-0.3, -0.25) is 4.79 Å². The second kappa shape index (κ2) is 5.79. The summed E-state index contributed by atoms with van der Waals surface area (Å²) in [4.78, 5) is 15.5. The van der Waals surface area contributed by atoms with E-state index in [-0.39, 0.29) is 11.5 Å². The lowest BCUT2D eigenvalue weighted by atomic mass is 10.2. The van der Waals surface area contributed by atoms with Gasteiger partial charge in [0, 0.05) is 11.3 Å². The van der Waals surface area contributed by atoms with Crippen molar-refractivity contribution in [3.05, 3.63) is 59.7 Å². The number of hydrogen-bond acceptors (Lipinski definition) is 4. The first-order valence-electron chi connectivity index (χ1n) is 5.61. The van der Waals surface area contributed by atoms with Gasteiger partial charge in [-0.25, -0.2) is 9.37 Å². The second-order valence-electron chi connectivity index (χ2n) is 3.88. The number of rotatable bonds is 3. The molecule has 0 radical (unpaired) electrons. The molecule has 20 heavy (non-hydrogen) atoms. The Labute approximate surface area is 113 Å². The highest BCUT2D eigenvalue weighted by Crippen LogP contribution is 2.11. The van der Waals surface area contributed by atoms with Gasteiger partial charge in [-0.15, -0.1) is 0 Å². The first kappa shape index (κ1) is 13.5. The predicted molar refractivity (Wildman–Crippen MR) is 71.1 cm³/mol. The standard InChI is InChI=1S/C13H11FN4O2/c14-9-3-6-11(16-7-9)13(19)17-10-4-1-8(2-5-10)12(15)18-20/h1-7,20H,(H2,15,18)(H,17,19). The van der Waals surface area contributed by atoms with Crippen molar-refractivity contribution in [2.24, 2.45) is 10.9 Å². The molecule has 2 rings (SSSR count). The minimum Gasteiger partial charge on any atom is -0.409 e. The zero-order chi connectivity index (χ0) is 14.5. The molecule has 4 N–H and O–H groups in total. The van der Waals surface area contributed by atoms with Crippen molar-refractivity contribution in [3.8, 4) is 0 Å². The Hall–Kier alpha value is -2.96. The van der Waals surface area contributed by atoms with E-state index in [0.717, 1.165) is 12.3 Å². The number of carbonyl (C=O) groups excluding carboxylic acids is 1. The topological polar surface area (TPSA) is 101 Å². The van der Waals surface area contributed by atoms with Crippen LogP contribution in [0.15, 0.2) is 47.8 Å². The fourth-order valence-electron chi connectivity index (χ4n) is 1.49. The molecule has 0 aliphatic carbocycles. The molecule has 0 bridgehead atoms. The van der Waals surface area contributed by atoms with Crippen LogP contribution >= 0.6 is 0 Å². The van der Waals surface area contributed by atoms with Crippen molar-refractivity contribution in [1.29, 1.82) is 0 Å². The molecule has 0 fully saturated rings. The van der Waals surface area contributed by atoms with Crippen molar-refractivity contribution >= 4 is 17.4 Å². The van der Waals surface area contributed by atoms with Crippen molar-refractivity contribution in [2.45, 2.75) is 0 Å². The van der Waals surface area contributed by atoms with Gasteiger partial charge in [-0.05, 0) is 36.4 Å². The van der Waals surface area contributed by atoms with Gasteiger partial charge in [0.25, 0.3) is 5.91 Å². The van der Waals surface area contributed by atoms with Gasteiger partial charge in [0.1, 0.15) is 11.5 Å². The monoisotopic (exact) mass is 274 g/mol. The Morgan fingerprint density at radius 3 is 2.50 bits per heavy atom. The van der Waals surface area contributed by atoms with Gasteiger partial charge in [-0.1, -0.05) is 5.16 Å². The third-order valence-corrected chi connectivity index (χ3v) is 2.51. The SMILES string of the molecule is N/C(=N/O)c1ccc(NC(=O)c2ccc(F)cn2)cc1. The zero-order valence-electron chi connectivity index (χ0n) is 10.2. The number of carbonyl (C=O) groups is 1. The molecular formula is C13H11FN4O2. The molecule has 0 saturated carbocycles. The van der Waals surface area contributed by atoms with Gasteiger partial charge < -0.3 is 16.3 Å². The number of nitrogens with zero attached hydrogens (tertiary/aromatic N) is 2. The lowest BCUT2D eigenvalue weighted by molar-refractivity contribution is 0.102. The average Bonchev–Trinajstić information content (AvgIpc) is 2.48. The van der Waals surface area contributed by atoms with Crippen LogP contribution in [0.25, 0.3) is 0 Å². The van der Waals surface area contributed by atoms with Crippen LogP contribution < -0.4 is 11.1 Å². The maximum atomic E-state index is 12.7. The normalized spacial score (nSPS) is 11.2. The molecule has 0 aliphatic rings. The first-order chi connectivity index (χ1) is 9.60. The number of halogens is 1. The van der Waals surface area contributed by atoms with Crippen LogP contribution in [-0.2, 0) is 0 Å². The average molecular weight is 274 g/mol. The maximum absolute atomic E-state index is 12.7. The predicted octanol–water partition coefficient (Wildman–Crippen LogP) is 1.57. The summed E-state index contributed by atoms with van der Waals surface area (Å²) in [7, 11) is 0. The number of benzene rings is 1. The quantitative estimate of drug-likeness (QED) is 0.342. The minimum absolute atomic E-state index is 0.0249. The van der Waals surface area contributed by atoms with Crippen LogP contribution in [0.4, 0.5) is 10.1 Å². The number of oxime groups is 1. The Morgan fingerprint density at radius 2 is 1.95 bits per heavy atom.